The quantitative estimate of drug-likeness (QED) is 0.851. The normalized spacial score (nSPS) is 18.7. The first-order valence-electron chi connectivity index (χ1n) is 8.31. The zero-order chi connectivity index (χ0) is 17.3. The monoisotopic (exact) mass is 321 g/mol. The van der Waals surface area contributed by atoms with Gasteiger partial charge in [0, 0.05) is 16.8 Å². The van der Waals surface area contributed by atoms with Gasteiger partial charge in [-0.3, -0.25) is 4.79 Å². The Bertz CT molecular complexity index is 805. The summed E-state index contributed by atoms with van der Waals surface area (Å²) in [6.45, 7) is 8.18. The van der Waals surface area contributed by atoms with Crippen LogP contribution in [-0.2, 0) is 0 Å². The summed E-state index contributed by atoms with van der Waals surface area (Å²) < 4.78 is 6.11. The minimum absolute atomic E-state index is 0.0999. The molecule has 1 N–H and O–H groups in total. The number of hydrogen-bond donors (Lipinski definition) is 1. The van der Waals surface area contributed by atoms with E-state index in [2.05, 4.69) is 31.3 Å². The number of aryl methyl sites for hydroxylation is 2. The van der Waals surface area contributed by atoms with E-state index in [4.69, 9.17) is 4.74 Å². The predicted octanol–water partition coefficient (Wildman–Crippen LogP) is 5.13. The maximum absolute atomic E-state index is 12.4. The van der Waals surface area contributed by atoms with Crippen molar-refractivity contribution in [2.24, 2.45) is 0 Å². The molecule has 3 nitrogen and oxygen atoms in total. The van der Waals surface area contributed by atoms with Crippen LogP contribution in [0.15, 0.2) is 42.5 Å². The topological polar surface area (TPSA) is 38.3 Å². The summed E-state index contributed by atoms with van der Waals surface area (Å²) in [6.07, 6.45) is 5.06. The lowest BCUT2D eigenvalue weighted by Crippen LogP contribution is -2.30. The van der Waals surface area contributed by atoms with Gasteiger partial charge in [-0.25, -0.2) is 0 Å². The van der Waals surface area contributed by atoms with E-state index in [1.165, 1.54) is 0 Å². The van der Waals surface area contributed by atoms with Crippen LogP contribution >= 0.6 is 0 Å². The molecule has 24 heavy (non-hydrogen) atoms. The van der Waals surface area contributed by atoms with Crippen LogP contribution < -0.4 is 10.1 Å². The lowest BCUT2D eigenvalue weighted by molar-refractivity contribution is 0.102. The second-order valence-corrected chi connectivity index (χ2v) is 6.63. The van der Waals surface area contributed by atoms with Crippen molar-refractivity contribution in [2.75, 3.05) is 5.32 Å². The molecule has 1 heterocycles. The fourth-order valence-corrected chi connectivity index (χ4v) is 2.69. The highest BCUT2D eigenvalue weighted by Gasteiger charge is 2.25. The van der Waals surface area contributed by atoms with Gasteiger partial charge in [-0.2, -0.15) is 0 Å². The fourth-order valence-electron chi connectivity index (χ4n) is 2.69. The van der Waals surface area contributed by atoms with Gasteiger partial charge in [0.05, 0.1) is 0 Å². The van der Waals surface area contributed by atoms with Gasteiger partial charge in [-0.15, -0.1) is 0 Å². The van der Waals surface area contributed by atoms with E-state index >= 15 is 0 Å². The van der Waals surface area contributed by atoms with E-state index in [0.29, 0.717) is 5.56 Å². The average molecular weight is 321 g/mol. The van der Waals surface area contributed by atoms with Crippen LogP contribution in [0.1, 0.15) is 47.3 Å². The van der Waals surface area contributed by atoms with Gasteiger partial charge >= 0.3 is 0 Å². The maximum atomic E-state index is 12.4. The van der Waals surface area contributed by atoms with Crippen LogP contribution in [0.25, 0.3) is 6.08 Å². The van der Waals surface area contributed by atoms with Gasteiger partial charge in [0.2, 0.25) is 0 Å². The number of anilines is 1. The first kappa shape index (κ1) is 16.3. The lowest BCUT2D eigenvalue weighted by atomic mass is 9.96. The van der Waals surface area contributed by atoms with E-state index in [0.717, 1.165) is 34.5 Å². The molecular formula is C21H23NO2. The molecule has 3 rings (SSSR count). The molecule has 1 amide bonds. The van der Waals surface area contributed by atoms with Crippen molar-refractivity contribution in [1.82, 2.24) is 0 Å². The van der Waals surface area contributed by atoms with E-state index in [-0.39, 0.29) is 11.5 Å². The summed E-state index contributed by atoms with van der Waals surface area (Å²) in [4.78, 5) is 12.4. The third-order valence-electron chi connectivity index (χ3n) is 4.58. The highest BCUT2D eigenvalue weighted by Crippen LogP contribution is 2.36. The van der Waals surface area contributed by atoms with Crippen molar-refractivity contribution < 1.29 is 9.53 Å². The van der Waals surface area contributed by atoms with E-state index < -0.39 is 0 Å². The molecule has 0 saturated heterocycles. The number of hydrogen-bond acceptors (Lipinski definition) is 2. The van der Waals surface area contributed by atoms with E-state index in [9.17, 15) is 4.79 Å². The summed E-state index contributed by atoms with van der Waals surface area (Å²) in [5.41, 5.74) is 4.33. The third kappa shape index (κ3) is 3.21. The second kappa shape index (κ2) is 6.16. The molecule has 0 spiro atoms. The Morgan fingerprint density at radius 1 is 1.17 bits per heavy atom. The molecule has 1 atom stereocenters. The molecule has 0 saturated carbocycles. The third-order valence-corrected chi connectivity index (χ3v) is 4.58. The summed E-state index contributed by atoms with van der Waals surface area (Å²) in [7, 11) is 0. The SMILES string of the molecule is CCC1(C)C=Cc2cc(NC(=O)c3ccc(C)cc3)c(C)cc2O1. The molecule has 0 aromatic heterocycles. The van der Waals surface area contributed by atoms with Crippen LogP contribution in [0.5, 0.6) is 5.75 Å². The van der Waals surface area contributed by atoms with E-state index in [1.807, 2.05) is 50.2 Å². The summed E-state index contributed by atoms with van der Waals surface area (Å²) in [5.74, 6) is 0.768. The van der Waals surface area contributed by atoms with Gasteiger partial charge in [-0.05, 0) is 63.1 Å². The Balaban J connectivity index is 1.86. The minimum atomic E-state index is -0.258. The average Bonchev–Trinajstić information content (AvgIpc) is 2.56. The number of benzene rings is 2. The first-order valence-corrected chi connectivity index (χ1v) is 8.31. The van der Waals surface area contributed by atoms with Crippen LogP contribution in [0.2, 0.25) is 0 Å². The van der Waals surface area contributed by atoms with Gasteiger partial charge in [-0.1, -0.05) is 30.7 Å². The lowest BCUT2D eigenvalue weighted by Gasteiger charge is -2.31. The Morgan fingerprint density at radius 3 is 2.54 bits per heavy atom. The molecule has 1 aliphatic rings. The van der Waals surface area contributed by atoms with Crippen molar-refractivity contribution in [3.05, 3.63) is 64.7 Å². The molecule has 2 aromatic rings. The first-order chi connectivity index (χ1) is 11.4. The molecule has 1 aliphatic heterocycles. The fraction of sp³-hybridized carbons (Fsp3) is 0.286. The van der Waals surface area contributed by atoms with Gasteiger partial charge in [0.1, 0.15) is 11.4 Å². The molecule has 0 aliphatic carbocycles. The molecule has 0 radical (unpaired) electrons. The number of fused-ring (bicyclic) bond motifs is 1. The molecular weight excluding hydrogens is 298 g/mol. The highest BCUT2D eigenvalue weighted by atomic mass is 16.5. The number of carbonyl (C=O) groups excluding carboxylic acids is 1. The van der Waals surface area contributed by atoms with Crippen molar-refractivity contribution in [3.63, 3.8) is 0 Å². The highest BCUT2D eigenvalue weighted by molar-refractivity contribution is 6.04. The second-order valence-electron chi connectivity index (χ2n) is 6.63. The van der Waals surface area contributed by atoms with Gasteiger partial charge in [0.25, 0.3) is 5.91 Å². The van der Waals surface area contributed by atoms with Gasteiger partial charge < -0.3 is 10.1 Å². The zero-order valence-corrected chi connectivity index (χ0v) is 14.6. The number of carbonyl (C=O) groups is 1. The van der Waals surface area contributed by atoms with Crippen LogP contribution in [-0.4, -0.2) is 11.5 Å². The van der Waals surface area contributed by atoms with Crippen molar-refractivity contribution >= 4 is 17.7 Å². The summed E-state index contributed by atoms with van der Waals surface area (Å²) >= 11 is 0. The van der Waals surface area contributed by atoms with Crippen molar-refractivity contribution in [3.8, 4) is 5.75 Å². The van der Waals surface area contributed by atoms with Crippen LogP contribution in [0, 0.1) is 13.8 Å². The standard InChI is InChI=1S/C21H23NO2/c1-5-21(4)11-10-17-13-18(15(3)12-19(17)24-21)22-20(23)16-8-6-14(2)7-9-16/h6-13H,5H2,1-4H3,(H,22,23). The minimum Gasteiger partial charge on any atom is -0.483 e. The number of nitrogens with one attached hydrogen (secondary N) is 1. The number of amides is 1. The van der Waals surface area contributed by atoms with Crippen molar-refractivity contribution in [2.45, 2.75) is 39.7 Å². The molecule has 0 bridgehead atoms. The Labute approximate surface area is 143 Å². The molecule has 0 fully saturated rings. The maximum Gasteiger partial charge on any atom is 0.255 e. The van der Waals surface area contributed by atoms with Crippen LogP contribution in [0.4, 0.5) is 5.69 Å². The van der Waals surface area contributed by atoms with E-state index in [1.54, 1.807) is 0 Å². The predicted molar refractivity (Wildman–Crippen MR) is 98.7 cm³/mol. The molecule has 1 unspecified atom stereocenters. The van der Waals surface area contributed by atoms with Gasteiger partial charge in [0.15, 0.2) is 0 Å². The van der Waals surface area contributed by atoms with Crippen LogP contribution in [0.3, 0.4) is 0 Å². The molecule has 3 heteroatoms. The Kier molecular flexibility index (Phi) is 4.18. The summed E-state index contributed by atoms with van der Waals surface area (Å²) in [6, 6.07) is 11.5. The largest absolute Gasteiger partial charge is 0.483 e. The van der Waals surface area contributed by atoms with Crippen molar-refractivity contribution in [1.29, 1.82) is 0 Å². The molecule has 124 valence electrons. The zero-order valence-electron chi connectivity index (χ0n) is 14.6. The Morgan fingerprint density at radius 2 is 1.88 bits per heavy atom. The number of rotatable bonds is 3. The number of ether oxygens (including phenoxy) is 1. The summed E-state index contributed by atoms with van der Waals surface area (Å²) in [5, 5.41) is 3.00. The Hall–Kier alpha value is -2.55. The smallest absolute Gasteiger partial charge is 0.255 e. The molecule has 2 aromatic carbocycles.